The summed E-state index contributed by atoms with van der Waals surface area (Å²) >= 11 is 0. The van der Waals surface area contributed by atoms with Crippen molar-refractivity contribution in [2.45, 2.75) is 98.4 Å². The average Bonchev–Trinajstić information content (AvgIpc) is 2.63. The summed E-state index contributed by atoms with van der Waals surface area (Å²) in [5.41, 5.74) is 0.674. The molecular formula is C26H42O5Si. The molecule has 32 heavy (non-hydrogen) atoms. The maximum Gasteiger partial charge on any atom is 0.311 e. The summed E-state index contributed by atoms with van der Waals surface area (Å²) in [7, 11) is -2.12. The summed E-state index contributed by atoms with van der Waals surface area (Å²) in [6.45, 7) is 18.6. The van der Waals surface area contributed by atoms with Crippen LogP contribution in [0.2, 0.25) is 19.6 Å². The molecule has 0 saturated carbocycles. The Bertz CT molecular complexity index is 800. The van der Waals surface area contributed by atoms with Crippen LogP contribution in [0, 0.1) is 29.1 Å². The van der Waals surface area contributed by atoms with Gasteiger partial charge < -0.3 is 13.9 Å². The van der Waals surface area contributed by atoms with Gasteiger partial charge in [0.15, 0.2) is 20.2 Å². The first kappa shape index (κ1) is 25.4. The summed E-state index contributed by atoms with van der Waals surface area (Å²) in [4.78, 5) is 26.0. The van der Waals surface area contributed by atoms with Crippen LogP contribution in [-0.4, -0.2) is 38.1 Å². The highest BCUT2D eigenvalue weighted by molar-refractivity contribution is 6.69. The van der Waals surface area contributed by atoms with Gasteiger partial charge >= 0.3 is 5.97 Å². The van der Waals surface area contributed by atoms with Crippen molar-refractivity contribution in [3.8, 4) is 0 Å². The van der Waals surface area contributed by atoms with Crippen molar-refractivity contribution < 1.29 is 23.5 Å². The van der Waals surface area contributed by atoms with Crippen molar-refractivity contribution in [1.82, 2.24) is 0 Å². The topological polar surface area (TPSA) is 61.8 Å². The smallest absolute Gasteiger partial charge is 0.311 e. The molecule has 2 heterocycles. The Morgan fingerprint density at radius 1 is 1.22 bits per heavy atom. The predicted octanol–water partition coefficient (Wildman–Crippen LogP) is 5.66. The molecular weight excluding hydrogens is 420 g/mol. The molecule has 6 heteroatoms. The normalized spacial score (nSPS) is 35.6. The zero-order chi connectivity index (χ0) is 24.1. The van der Waals surface area contributed by atoms with Crippen LogP contribution < -0.4 is 0 Å². The molecule has 0 N–H and O–H groups in total. The number of carbonyl (C=O) groups excluding carboxylic acids is 2. The molecule has 0 aromatic heterocycles. The molecule has 0 aromatic rings. The summed E-state index contributed by atoms with van der Waals surface area (Å²) in [5.74, 6) is -0.0302. The van der Waals surface area contributed by atoms with Crippen LogP contribution in [0.4, 0.5) is 0 Å². The number of hydrogen-bond donors (Lipinski definition) is 0. The van der Waals surface area contributed by atoms with Crippen molar-refractivity contribution in [2.24, 2.45) is 29.1 Å². The number of esters is 1. The van der Waals surface area contributed by atoms with E-state index >= 15 is 0 Å². The lowest BCUT2D eigenvalue weighted by Crippen LogP contribution is -2.60. The molecule has 3 rings (SSSR count). The minimum absolute atomic E-state index is 0.0270. The van der Waals surface area contributed by atoms with E-state index in [0.29, 0.717) is 30.6 Å². The minimum atomic E-state index is -2.12. The number of carbonyl (C=O) groups is 2. The number of rotatable bonds is 4. The molecule has 1 aliphatic carbocycles. The number of fused-ring (bicyclic) bond motifs is 3. The second-order valence-corrected chi connectivity index (χ2v) is 16.7. The molecule has 5 nitrogen and oxygen atoms in total. The van der Waals surface area contributed by atoms with Crippen molar-refractivity contribution >= 4 is 20.1 Å². The van der Waals surface area contributed by atoms with Gasteiger partial charge in [0.25, 0.3) is 0 Å². The largest absolute Gasteiger partial charge is 0.456 e. The van der Waals surface area contributed by atoms with Crippen molar-refractivity contribution in [1.29, 1.82) is 0 Å². The van der Waals surface area contributed by atoms with Gasteiger partial charge in [-0.2, -0.15) is 0 Å². The van der Waals surface area contributed by atoms with Crippen molar-refractivity contribution in [2.75, 3.05) is 0 Å². The van der Waals surface area contributed by atoms with Crippen LogP contribution in [-0.2, 0) is 23.5 Å². The Hall–Kier alpha value is -1.24. The Balaban J connectivity index is 2.12. The third-order valence-corrected chi connectivity index (χ3v) is 8.01. The summed E-state index contributed by atoms with van der Waals surface area (Å²) in [6.07, 6.45) is 6.78. The van der Waals surface area contributed by atoms with Gasteiger partial charge in [-0.25, -0.2) is 0 Å². The number of ether oxygens (including phenoxy) is 2. The maximum absolute atomic E-state index is 13.1. The quantitative estimate of drug-likeness (QED) is 0.306. The monoisotopic (exact) mass is 462 g/mol. The third kappa shape index (κ3) is 5.28. The van der Waals surface area contributed by atoms with Gasteiger partial charge in [0.1, 0.15) is 6.10 Å². The van der Waals surface area contributed by atoms with Gasteiger partial charge in [-0.1, -0.05) is 25.5 Å². The molecule has 1 fully saturated rings. The van der Waals surface area contributed by atoms with Crippen LogP contribution >= 0.6 is 0 Å². The molecule has 0 amide bonds. The van der Waals surface area contributed by atoms with Gasteiger partial charge in [0.05, 0.1) is 5.41 Å². The lowest BCUT2D eigenvalue weighted by atomic mass is 9.63. The molecule has 0 spiro atoms. The fourth-order valence-electron chi connectivity index (χ4n) is 5.40. The fraction of sp³-hybridized carbons (Fsp3) is 0.769. The predicted molar refractivity (Wildman–Crippen MR) is 128 cm³/mol. The molecule has 2 bridgehead atoms. The first-order valence-corrected chi connectivity index (χ1v) is 15.5. The SMILES string of the molecule is CC1=CC[C@H](C(C)C)[C@H]2C[C@@H](OC(=O)C(C)(C)C)C3(O[Si](C)(C)C)C=CC(=O)[C@H](C[C@@H]12)O3. The molecule has 0 aromatic carbocycles. The Morgan fingerprint density at radius 2 is 1.88 bits per heavy atom. The van der Waals surface area contributed by atoms with Crippen LogP contribution in [0.25, 0.3) is 0 Å². The van der Waals surface area contributed by atoms with Gasteiger partial charge in [-0.3, -0.25) is 9.59 Å². The lowest BCUT2D eigenvalue weighted by molar-refractivity contribution is -0.259. The first-order chi connectivity index (χ1) is 14.6. The molecule has 0 radical (unpaired) electrons. The van der Waals surface area contributed by atoms with E-state index in [2.05, 4.69) is 46.5 Å². The Kier molecular flexibility index (Phi) is 7.01. The number of hydrogen-bond acceptors (Lipinski definition) is 5. The molecule has 6 atom stereocenters. The van der Waals surface area contributed by atoms with Crippen LogP contribution in [0.3, 0.4) is 0 Å². The van der Waals surface area contributed by atoms with E-state index in [1.165, 1.54) is 5.57 Å². The second kappa shape index (κ2) is 8.84. The van der Waals surface area contributed by atoms with Crippen molar-refractivity contribution in [3.05, 3.63) is 23.8 Å². The van der Waals surface area contributed by atoms with Gasteiger partial charge in [0.2, 0.25) is 5.79 Å². The van der Waals surface area contributed by atoms with E-state index < -0.39 is 31.7 Å². The molecule has 1 saturated heterocycles. The number of allylic oxidation sites excluding steroid dienone is 2. The number of ketones is 1. The molecule has 2 aliphatic heterocycles. The van der Waals surface area contributed by atoms with E-state index in [-0.39, 0.29) is 17.7 Å². The van der Waals surface area contributed by atoms with Crippen LogP contribution in [0.15, 0.2) is 23.8 Å². The highest BCUT2D eigenvalue weighted by Gasteiger charge is 2.54. The summed E-state index contributed by atoms with van der Waals surface area (Å²) < 4.78 is 19.4. The minimum Gasteiger partial charge on any atom is -0.456 e. The summed E-state index contributed by atoms with van der Waals surface area (Å²) in [5, 5.41) is 0. The fourth-order valence-corrected chi connectivity index (χ4v) is 6.61. The average molecular weight is 463 g/mol. The van der Waals surface area contributed by atoms with E-state index in [9.17, 15) is 9.59 Å². The van der Waals surface area contributed by atoms with Crippen LogP contribution in [0.5, 0.6) is 0 Å². The zero-order valence-electron chi connectivity index (χ0n) is 21.4. The maximum atomic E-state index is 13.1. The molecule has 1 unspecified atom stereocenters. The first-order valence-electron chi connectivity index (χ1n) is 12.1. The zero-order valence-corrected chi connectivity index (χ0v) is 22.4. The van der Waals surface area contributed by atoms with Gasteiger partial charge in [-0.15, -0.1) is 0 Å². The van der Waals surface area contributed by atoms with E-state index in [1.807, 2.05) is 20.8 Å². The van der Waals surface area contributed by atoms with Gasteiger partial charge in [0, 0.05) is 0 Å². The lowest BCUT2D eigenvalue weighted by Gasteiger charge is -2.51. The van der Waals surface area contributed by atoms with E-state index in [4.69, 9.17) is 13.9 Å². The van der Waals surface area contributed by atoms with Crippen molar-refractivity contribution in [3.63, 3.8) is 0 Å². The standard InChI is InChI=1S/C26H42O5Si/c1-16(2)18-11-10-17(3)19-14-22-21(27)12-13-26(30-22,31-32(7,8)9)23(15-20(18)19)29-24(28)25(4,5)6/h10,12-13,16,18-20,22-23H,11,14-15H2,1-9H3/t18-,19+,20-,22+,23-,26?/m1/s1. The highest BCUT2D eigenvalue weighted by atomic mass is 28.4. The second-order valence-electron chi connectivity index (χ2n) is 12.3. The Morgan fingerprint density at radius 3 is 2.44 bits per heavy atom. The highest BCUT2D eigenvalue weighted by Crippen LogP contribution is 2.49. The van der Waals surface area contributed by atoms with E-state index in [1.54, 1.807) is 12.2 Å². The molecule has 180 valence electrons. The van der Waals surface area contributed by atoms with E-state index in [0.717, 1.165) is 6.42 Å². The van der Waals surface area contributed by atoms with Gasteiger partial charge in [-0.05, 0) is 102 Å². The molecule has 3 aliphatic rings. The Labute approximate surface area is 195 Å². The summed E-state index contributed by atoms with van der Waals surface area (Å²) in [6, 6.07) is 0. The van der Waals surface area contributed by atoms with Crippen LogP contribution in [0.1, 0.15) is 60.8 Å². The third-order valence-electron chi connectivity index (χ3n) is 7.07.